The van der Waals surface area contributed by atoms with Gasteiger partial charge in [-0.2, -0.15) is 17.7 Å². The van der Waals surface area contributed by atoms with Gasteiger partial charge in [0.25, 0.3) is 5.82 Å². The molecule has 41 heavy (non-hydrogen) atoms. The minimum atomic E-state index is -4.63. The van der Waals surface area contributed by atoms with Crippen molar-refractivity contribution >= 4 is 23.2 Å². The molecular formula is C27H35F3N8O3. The van der Waals surface area contributed by atoms with Crippen molar-refractivity contribution in [2.45, 2.75) is 32.5 Å². The number of rotatable bonds is 6. The Hall–Kier alpha value is -3.81. The van der Waals surface area contributed by atoms with Crippen molar-refractivity contribution in [3.63, 3.8) is 0 Å². The van der Waals surface area contributed by atoms with E-state index < -0.39 is 17.6 Å². The molecule has 2 aliphatic rings. The summed E-state index contributed by atoms with van der Waals surface area (Å²) in [6.07, 6.45) is -4.89. The predicted octanol–water partition coefficient (Wildman–Crippen LogP) is 3.40. The van der Waals surface area contributed by atoms with E-state index in [1.54, 1.807) is 11.0 Å². The van der Waals surface area contributed by atoms with Gasteiger partial charge in [0, 0.05) is 64.6 Å². The van der Waals surface area contributed by atoms with Gasteiger partial charge in [-0.3, -0.25) is 4.90 Å². The number of anilines is 2. The van der Waals surface area contributed by atoms with Gasteiger partial charge in [-0.25, -0.2) is 4.79 Å². The number of aromatic nitrogens is 4. The third kappa shape index (κ3) is 7.10. The number of fused-ring (bicyclic) bond motifs is 1. The second kappa shape index (κ2) is 11.6. The van der Waals surface area contributed by atoms with E-state index in [9.17, 15) is 18.0 Å². The largest absolute Gasteiger partial charge is 0.492 e. The Morgan fingerprint density at radius 1 is 0.854 bits per heavy atom. The molecule has 0 saturated carbocycles. The number of halogens is 3. The molecule has 2 aliphatic heterocycles. The normalized spacial score (nSPS) is 17.3. The van der Waals surface area contributed by atoms with Crippen LogP contribution in [0.1, 0.15) is 26.6 Å². The highest BCUT2D eigenvalue weighted by atomic mass is 19.4. The fourth-order valence-corrected chi connectivity index (χ4v) is 4.84. The minimum absolute atomic E-state index is 0.0581. The SMILES string of the molecule is CC(C)(C)OC(=O)N1CCN(CCOc2ccc(N3CCN(c4ccc5nnc(C(F)(F)F)n5n4)CC3)cc2)CC1. The van der Waals surface area contributed by atoms with Gasteiger partial charge < -0.3 is 24.2 Å². The van der Waals surface area contributed by atoms with Crippen molar-refractivity contribution in [2.24, 2.45) is 0 Å². The molecule has 3 aromatic rings. The number of hydrogen-bond acceptors (Lipinski definition) is 9. The smallest absolute Gasteiger partial charge is 0.453 e. The number of hydrogen-bond donors (Lipinski definition) is 0. The molecule has 0 N–H and O–H groups in total. The van der Waals surface area contributed by atoms with Crippen LogP contribution in [0.15, 0.2) is 36.4 Å². The van der Waals surface area contributed by atoms with Crippen molar-refractivity contribution in [2.75, 3.05) is 75.3 Å². The van der Waals surface area contributed by atoms with E-state index in [2.05, 4.69) is 25.1 Å². The second-order valence-corrected chi connectivity index (χ2v) is 11.1. The number of carbonyl (C=O) groups excluding carboxylic acids is 1. The molecule has 1 amide bonds. The van der Waals surface area contributed by atoms with Crippen molar-refractivity contribution in [3.8, 4) is 5.75 Å². The van der Waals surface area contributed by atoms with Crippen LogP contribution in [0.3, 0.4) is 0 Å². The summed E-state index contributed by atoms with van der Waals surface area (Å²) in [6, 6.07) is 11.1. The molecule has 2 saturated heterocycles. The molecule has 0 spiro atoms. The third-order valence-corrected chi connectivity index (χ3v) is 7.01. The first-order valence-corrected chi connectivity index (χ1v) is 13.7. The number of benzene rings is 1. The quantitative estimate of drug-likeness (QED) is 0.438. The summed E-state index contributed by atoms with van der Waals surface area (Å²) in [6.45, 7) is 12.4. The lowest BCUT2D eigenvalue weighted by Gasteiger charge is -2.36. The summed E-state index contributed by atoms with van der Waals surface area (Å²) in [5, 5.41) is 11.0. The van der Waals surface area contributed by atoms with E-state index in [1.165, 1.54) is 6.07 Å². The van der Waals surface area contributed by atoms with Crippen molar-refractivity contribution in [1.82, 2.24) is 29.6 Å². The molecule has 0 unspecified atom stereocenters. The van der Waals surface area contributed by atoms with Gasteiger partial charge in [0.1, 0.15) is 23.8 Å². The topological polar surface area (TPSA) is 91.6 Å². The number of nitrogens with zero attached hydrogens (tertiary/aromatic N) is 8. The highest BCUT2D eigenvalue weighted by Crippen LogP contribution is 2.28. The van der Waals surface area contributed by atoms with E-state index in [-0.39, 0.29) is 11.7 Å². The zero-order valence-corrected chi connectivity index (χ0v) is 23.5. The van der Waals surface area contributed by atoms with Crippen LogP contribution in [0.2, 0.25) is 0 Å². The maximum absolute atomic E-state index is 13.2. The molecule has 2 fully saturated rings. The van der Waals surface area contributed by atoms with Crippen LogP contribution < -0.4 is 14.5 Å². The van der Waals surface area contributed by atoms with E-state index in [1.807, 2.05) is 49.9 Å². The molecule has 11 nitrogen and oxygen atoms in total. The number of alkyl halides is 3. The van der Waals surface area contributed by atoms with Gasteiger partial charge >= 0.3 is 12.3 Å². The van der Waals surface area contributed by atoms with Gasteiger partial charge in [0.15, 0.2) is 5.65 Å². The standard InChI is InChI=1S/C27H35F3N8O3/c1-26(2,3)41-25(39)37-12-10-34(11-13-37)18-19-40-21-6-4-20(5-7-21)35-14-16-36(17-15-35)23-9-8-22-31-32-24(27(28,29)30)38(22)33-23/h4-9H,10-19H2,1-3H3. The zero-order valence-electron chi connectivity index (χ0n) is 23.5. The molecule has 14 heteroatoms. The summed E-state index contributed by atoms with van der Waals surface area (Å²) in [5.74, 6) is 0.111. The van der Waals surface area contributed by atoms with E-state index in [0.29, 0.717) is 51.7 Å². The van der Waals surface area contributed by atoms with E-state index in [4.69, 9.17) is 9.47 Å². The van der Waals surface area contributed by atoms with Crippen LogP contribution in [-0.4, -0.2) is 107 Å². The van der Waals surface area contributed by atoms with Gasteiger partial charge in [0.2, 0.25) is 0 Å². The molecule has 5 rings (SSSR count). The van der Waals surface area contributed by atoms with Crippen molar-refractivity contribution < 1.29 is 27.4 Å². The van der Waals surface area contributed by atoms with Crippen LogP contribution in [0.25, 0.3) is 5.65 Å². The Kier molecular flexibility index (Phi) is 8.11. The fourth-order valence-electron chi connectivity index (χ4n) is 4.84. The van der Waals surface area contributed by atoms with Crippen LogP contribution in [0, 0.1) is 0 Å². The number of piperazine rings is 2. The third-order valence-electron chi connectivity index (χ3n) is 7.01. The highest BCUT2D eigenvalue weighted by molar-refractivity contribution is 5.68. The van der Waals surface area contributed by atoms with E-state index >= 15 is 0 Å². The number of ether oxygens (including phenoxy) is 2. The van der Waals surface area contributed by atoms with Crippen LogP contribution in [0.4, 0.5) is 29.5 Å². The molecule has 1 aromatic carbocycles. The van der Waals surface area contributed by atoms with Crippen molar-refractivity contribution in [1.29, 1.82) is 0 Å². The lowest BCUT2D eigenvalue weighted by atomic mass is 10.2. The lowest BCUT2D eigenvalue weighted by Crippen LogP contribution is -2.50. The summed E-state index contributed by atoms with van der Waals surface area (Å²) < 4.78 is 51.8. The number of amides is 1. The molecular weight excluding hydrogens is 541 g/mol. The van der Waals surface area contributed by atoms with Crippen LogP contribution >= 0.6 is 0 Å². The Morgan fingerprint density at radius 3 is 2.15 bits per heavy atom. The molecule has 0 atom stereocenters. The summed E-state index contributed by atoms with van der Waals surface area (Å²) >= 11 is 0. The maximum atomic E-state index is 13.2. The Bertz CT molecular complexity index is 1330. The van der Waals surface area contributed by atoms with Crippen LogP contribution in [0.5, 0.6) is 5.75 Å². The summed E-state index contributed by atoms with van der Waals surface area (Å²) in [5.41, 5.74) is 0.616. The predicted molar refractivity (Wildman–Crippen MR) is 146 cm³/mol. The molecule has 0 bridgehead atoms. The van der Waals surface area contributed by atoms with Gasteiger partial charge in [-0.05, 0) is 57.2 Å². The Morgan fingerprint density at radius 2 is 1.51 bits per heavy atom. The first kappa shape index (κ1) is 28.7. The molecule has 4 heterocycles. The van der Waals surface area contributed by atoms with Gasteiger partial charge in [0.05, 0.1) is 0 Å². The fraction of sp³-hybridized carbons (Fsp3) is 0.556. The second-order valence-electron chi connectivity index (χ2n) is 11.1. The number of carbonyl (C=O) groups is 1. The first-order chi connectivity index (χ1) is 19.5. The highest BCUT2D eigenvalue weighted by Gasteiger charge is 2.38. The average molecular weight is 577 g/mol. The minimum Gasteiger partial charge on any atom is -0.492 e. The molecule has 222 valence electrons. The summed E-state index contributed by atoms with van der Waals surface area (Å²) in [7, 11) is 0. The first-order valence-electron chi connectivity index (χ1n) is 13.7. The maximum Gasteiger partial charge on any atom is 0.453 e. The molecule has 0 aliphatic carbocycles. The Balaban J connectivity index is 1.06. The molecule has 0 radical (unpaired) electrons. The van der Waals surface area contributed by atoms with Crippen LogP contribution in [-0.2, 0) is 10.9 Å². The molecule has 2 aromatic heterocycles. The Labute approximate surface area is 236 Å². The van der Waals surface area contributed by atoms with Crippen molar-refractivity contribution in [3.05, 3.63) is 42.2 Å². The monoisotopic (exact) mass is 576 g/mol. The van der Waals surface area contributed by atoms with E-state index in [0.717, 1.165) is 35.6 Å². The van der Waals surface area contributed by atoms with Gasteiger partial charge in [-0.1, -0.05) is 0 Å². The lowest BCUT2D eigenvalue weighted by molar-refractivity contribution is -0.146. The zero-order chi connectivity index (χ0) is 29.2. The average Bonchev–Trinajstić information content (AvgIpc) is 3.37. The summed E-state index contributed by atoms with van der Waals surface area (Å²) in [4.78, 5) is 20.4. The van der Waals surface area contributed by atoms with Gasteiger partial charge in [-0.15, -0.1) is 15.3 Å².